The number of thiophene rings is 1. The Balaban J connectivity index is 1.95. The molecule has 0 saturated carbocycles. The summed E-state index contributed by atoms with van der Waals surface area (Å²) in [6.45, 7) is 1.81. The Morgan fingerprint density at radius 2 is 1.86 bits per heavy atom. The van der Waals surface area contributed by atoms with E-state index in [1.54, 1.807) is 31.2 Å². The molecule has 2 aromatic carbocycles. The summed E-state index contributed by atoms with van der Waals surface area (Å²) >= 11 is 7.42. The van der Waals surface area contributed by atoms with Gasteiger partial charge >= 0.3 is 0 Å². The average Bonchev–Trinajstić information content (AvgIpc) is 3.21. The van der Waals surface area contributed by atoms with Gasteiger partial charge in [-0.3, -0.25) is 4.79 Å². The van der Waals surface area contributed by atoms with Crippen molar-refractivity contribution < 1.29 is 17.6 Å². The maximum Gasteiger partial charge on any atom is 0.255 e. The van der Waals surface area contributed by atoms with Crippen LogP contribution in [0.15, 0.2) is 64.2 Å². The molecule has 0 aliphatic heterocycles. The van der Waals surface area contributed by atoms with Crippen molar-refractivity contribution in [1.29, 1.82) is 0 Å². The molecule has 0 aliphatic rings. The Morgan fingerprint density at radius 1 is 1.14 bits per heavy atom. The number of rotatable bonds is 7. The minimum absolute atomic E-state index is 0.176. The molecular formula is C20H18ClFN2O3S2. The van der Waals surface area contributed by atoms with E-state index in [-0.39, 0.29) is 17.0 Å². The zero-order valence-electron chi connectivity index (χ0n) is 15.4. The van der Waals surface area contributed by atoms with Crippen LogP contribution in [0.25, 0.3) is 0 Å². The van der Waals surface area contributed by atoms with E-state index in [1.807, 2.05) is 16.8 Å². The van der Waals surface area contributed by atoms with Crippen LogP contribution in [0.5, 0.6) is 0 Å². The van der Waals surface area contributed by atoms with Gasteiger partial charge in [-0.1, -0.05) is 30.7 Å². The predicted molar refractivity (Wildman–Crippen MR) is 112 cm³/mol. The highest BCUT2D eigenvalue weighted by Gasteiger charge is 2.23. The van der Waals surface area contributed by atoms with Crippen LogP contribution in [-0.4, -0.2) is 20.9 Å². The molecule has 29 heavy (non-hydrogen) atoms. The van der Waals surface area contributed by atoms with Crippen molar-refractivity contribution in [3.8, 4) is 0 Å². The van der Waals surface area contributed by atoms with Crippen LogP contribution in [-0.2, 0) is 10.0 Å². The van der Waals surface area contributed by atoms with Crippen molar-refractivity contribution in [2.45, 2.75) is 17.9 Å². The van der Waals surface area contributed by atoms with E-state index in [9.17, 15) is 17.6 Å². The number of benzene rings is 2. The number of hydrogen-bond acceptors (Lipinski definition) is 4. The molecule has 1 amide bonds. The summed E-state index contributed by atoms with van der Waals surface area (Å²) in [6, 6.07) is 11.4. The maximum absolute atomic E-state index is 14.4. The zero-order chi connectivity index (χ0) is 21.0. The first-order valence-corrected chi connectivity index (χ1v) is 11.5. The summed E-state index contributed by atoms with van der Waals surface area (Å²) in [7, 11) is -3.82. The SMILES string of the molecule is CCNS(=O)(=O)c1ccc(F)c(C(=O)NC(c2ccc(Cl)cc2)c2ccsc2)c1. The highest BCUT2D eigenvalue weighted by molar-refractivity contribution is 7.89. The lowest BCUT2D eigenvalue weighted by molar-refractivity contribution is 0.0938. The largest absolute Gasteiger partial charge is 0.341 e. The Kier molecular flexibility index (Phi) is 6.69. The standard InChI is InChI=1S/C20H18ClFN2O3S2/c1-2-23-29(26,27)16-7-8-18(22)17(11-16)20(25)24-19(14-9-10-28-12-14)13-3-5-15(21)6-4-13/h3-12,19,23H,2H2,1H3,(H,24,25). The molecule has 1 heterocycles. The fourth-order valence-corrected chi connectivity index (χ4v) is 4.66. The van der Waals surface area contributed by atoms with Crippen molar-refractivity contribution in [1.82, 2.24) is 10.0 Å². The third kappa shape index (κ3) is 5.02. The minimum atomic E-state index is -3.82. The lowest BCUT2D eigenvalue weighted by Crippen LogP contribution is -2.30. The monoisotopic (exact) mass is 452 g/mol. The summed E-state index contributed by atoms with van der Waals surface area (Å²) < 4.78 is 41.1. The van der Waals surface area contributed by atoms with Gasteiger partial charge < -0.3 is 5.32 Å². The van der Waals surface area contributed by atoms with Gasteiger partial charge in [-0.15, -0.1) is 0 Å². The number of carbonyl (C=O) groups excluding carboxylic acids is 1. The van der Waals surface area contributed by atoms with Gasteiger partial charge in [-0.2, -0.15) is 11.3 Å². The van der Waals surface area contributed by atoms with Crippen LogP contribution in [0, 0.1) is 5.82 Å². The van der Waals surface area contributed by atoms with Gasteiger partial charge in [0.2, 0.25) is 10.0 Å². The fraction of sp³-hybridized carbons (Fsp3) is 0.150. The van der Waals surface area contributed by atoms with Gasteiger partial charge in [0.15, 0.2) is 0 Å². The molecule has 3 rings (SSSR count). The van der Waals surface area contributed by atoms with Gasteiger partial charge in [0, 0.05) is 11.6 Å². The van der Waals surface area contributed by atoms with Crippen molar-refractivity contribution >= 4 is 38.9 Å². The highest BCUT2D eigenvalue weighted by atomic mass is 35.5. The highest BCUT2D eigenvalue weighted by Crippen LogP contribution is 2.26. The molecule has 0 fully saturated rings. The quantitative estimate of drug-likeness (QED) is 0.559. The van der Waals surface area contributed by atoms with E-state index in [4.69, 9.17) is 11.6 Å². The maximum atomic E-state index is 14.4. The second-order valence-electron chi connectivity index (χ2n) is 6.16. The first-order valence-electron chi connectivity index (χ1n) is 8.69. The molecule has 3 aromatic rings. The van der Waals surface area contributed by atoms with Gasteiger partial charge in [0.05, 0.1) is 16.5 Å². The van der Waals surface area contributed by atoms with Gasteiger partial charge in [0.1, 0.15) is 5.82 Å². The van der Waals surface area contributed by atoms with Crippen LogP contribution < -0.4 is 10.0 Å². The molecule has 1 atom stereocenters. The molecule has 152 valence electrons. The van der Waals surface area contributed by atoms with Crippen LogP contribution >= 0.6 is 22.9 Å². The summed E-state index contributed by atoms with van der Waals surface area (Å²) in [5, 5.41) is 7.09. The van der Waals surface area contributed by atoms with E-state index in [2.05, 4.69) is 10.0 Å². The number of halogens is 2. The van der Waals surface area contributed by atoms with Crippen LogP contribution in [0.1, 0.15) is 34.5 Å². The topological polar surface area (TPSA) is 75.3 Å². The Hall–Kier alpha value is -2.26. The molecular weight excluding hydrogens is 435 g/mol. The van der Waals surface area contributed by atoms with Crippen LogP contribution in [0.3, 0.4) is 0 Å². The van der Waals surface area contributed by atoms with Crippen molar-refractivity contribution in [3.63, 3.8) is 0 Å². The lowest BCUT2D eigenvalue weighted by Gasteiger charge is -2.19. The third-order valence-corrected chi connectivity index (χ3v) is 6.68. The third-order valence-electron chi connectivity index (χ3n) is 4.18. The smallest absolute Gasteiger partial charge is 0.255 e. The number of sulfonamides is 1. The van der Waals surface area contributed by atoms with Gasteiger partial charge in [-0.05, 0) is 58.3 Å². The second kappa shape index (κ2) is 9.04. The predicted octanol–water partition coefficient (Wildman–Crippen LogP) is 4.36. The van der Waals surface area contributed by atoms with E-state index in [0.717, 1.165) is 29.3 Å². The Bertz CT molecular complexity index is 1100. The molecule has 9 heteroatoms. The number of carbonyl (C=O) groups is 1. The first kappa shape index (κ1) is 21.4. The molecule has 0 saturated heterocycles. The fourth-order valence-electron chi connectivity index (χ4n) is 2.78. The Labute approximate surface area is 177 Å². The Morgan fingerprint density at radius 3 is 2.48 bits per heavy atom. The van der Waals surface area contributed by atoms with E-state index < -0.39 is 27.8 Å². The lowest BCUT2D eigenvalue weighted by atomic mass is 10.0. The first-order chi connectivity index (χ1) is 13.8. The van der Waals surface area contributed by atoms with Gasteiger partial charge in [0.25, 0.3) is 5.91 Å². The molecule has 0 bridgehead atoms. The molecule has 1 unspecified atom stereocenters. The number of amides is 1. The van der Waals surface area contributed by atoms with E-state index in [0.29, 0.717) is 5.02 Å². The minimum Gasteiger partial charge on any atom is -0.341 e. The normalized spacial score (nSPS) is 12.5. The summed E-state index contributed by atoms with van der Waals surface area (Å²) in [4.78, 5) is 12.7. The summed E-state index contributed by atoms with van der Waals surface area (Å²) in [5.74, 6) is -1.53. The molecule has 5 nitrogen and oxygen atoms in total. The van der Waals surface area contributed by atoms with E-state index in [1.165, 1.54) is 11.3 Å². The zero-order valence-corrected chi connectivity index (χ0v) is 17.7. The van der Waals surface area contributed by atoms with E-state index >= 15 is 0 Å². The summed E-state index contributed by atoms with van der Waals surface area (Å²) in [5.41, 5.74) is 1.23. The number of nitrogens with one attached hydrogen (secondary N) is 2. The average molecular weight is 453 g/mol. The van der Waals surface area contributed by atoms with Crippen LogP contribution in [0.2, 0.25) is 5.02 Å². The van der Waals surface area contributed by atoms with Crippen molar-refractivity contribution in [2.75, 3.05) is 6.54 Å². The van der Waals surface area contributed by atoms with Crippen LogP contribution in [0.4, 0.5) is 4.39 Å². The molecule has 0 spiro atoms. The second-order valence-corrected chi connectivity index (χ2v) is 9.14. The molecule has 0 aliphatic carbocycles. The van der Waals surface area contributed by atoms with Crippen molar-refractivity contribution in [3.05, 3.63) is 86.8 Å². The number of hydrogen-bond donors (Lipinski definition) is 2. The molecule has 1 aromatic heterocycles. The molecule has 0 radical (unpaired) electrons. The van der Waals surface area contributed by atoms with Crippen molar-refractivity contribution in [2.24, 2.45) is 0 Å². The van der Waals surface area contributed by atoms with Gasteiger partial charge in [-0.25, -0.2) is 17.5 Å². The summed E-state index contributed by atoms with van der Waals surface area (Å²) in [6.07, 6.45) is 0. The molecule has 2 N–H and O–H groups in total.